The topological polar surface area (TPSA) is 96.4 Å². The van der Waals surface area contributed by atoms with Gasteiger partial charge in [0.1, 0.15) is 5.82 Å². The van der Waals surface area contributed by atoms with E-state index in [1.165, 1.54) is 12.1 Å². The van der Waals surface area contributed by atoms with E-state index in [0.29, 0.717) is 5.39 Å². The Morgan fingerprint density at radius 2 is 2.26 bits per heavy atom. The molecule has 1 amide bonds. The van der Waals surface area contributed by atoms with Crippen LogP contribution in [-0.4, -0.2) is 27.8 Å². The van der Waals surface area contributed by atoms with Crippen molar-refractivity contribution in [3.8, 4) is 6.01 Å². The van der Waals surface area contributed by atoms with Crippen molar-refractivity contribution in [2.45, 2.75) is 6.92 Å². The minimum Gasteiger partial charge on any atom is -0.479 e. The average molecular weight is 266 g/mol. The number of nitrogens with zero attached hydrogens (tertiary/aromatic N) is 2. The summed E-state index contributed by atoms with van der Waals surface area (Å²) >= 11 is 0. The predicted octanol–water partition coefficient (Wildman–Crippen LogP) is 1.55. The molecule has 100 valence electrons. The normalized spacial score (nSPS) is 10.2. The first-order valence-electron chi connectivity index (χ1n) is 5.45. The van der Waals surface area contributed by atoms with E-state index in [1.807, 2.05) is 0 Å². The third-order valence-electron chi connectivity index (χ3n) is 2.21. The third-order valence-corrected chi connectivity index (χ3v) is 2.21. The van der Waals surface area contributed by atoms with Gasteiger partial charge in [0, 0.05) is 11.5 Å². The van der Waals surface area contributed by atoms with Crippen LogP contribution in [0.15, 0.2) is 18.2 Å². The van der Waals surface area contributed by atoms with Crippen LogP contribution in [0, 0.1) is 5.82 Å². The second-order valence-corrected chi connectivity index (χ2v) is 3.50. The van der Waals surface area contributed by atoms with Crippen LogP contribution in [-0.2, 0) is 4.74 Å². The van der Waals surface area contributed by atoms with Crippen molar-refractivity contribution >= 4 is 22.8 Å². The summed E-state index contributed by atoms with van der Waals surface area (Å²) in [6.45, 7) is 1.88. The Bertz CT molecular complexity index is 615. The number of amides is 1. The number of hydrogen-bond donors (Lipinski definition) is 3. The fourth-order valence-electron chi connectivity index (χ4n) is 1.46. The van der Waals surface area contributed by atoms with Gasteiger partial charge in [-0.3, -0.25) is 5.43 Å². The van der Waals surface area contributed by atoms with Gasteiger partial charge in [-0.05, 0) is 19.1 Å². The number of benzene rings is 1. The summed E-state index contributed by atoms with van der Waals surface area (Å²) in [5.41, 5.74) is 4.91. The van der Waals surface area contributed by atoms with Gasteiger partial charge in [-0.1, -0.05) is 0 Å². The molecule has 0 radical (unpaired) electrons. The van der Waals surface area contributed by atoms with Crippen molar-refractivity contribution in [1.82, 2.24) is 15.4 Å². The zero-order chi connectivity index (χ0) is 13.8. The molecule has 19 heavy (non-hydrogen) atoms. The molecule has 0 unspecified atom stereocenters. The van der Waals surface area contributed by atoms with Gasteiger partial charge in [-0.2, -0.15) is 9.97 Å². The van der Waals surface area contributed by atoms with Gasteiger partial charge in [0.05, 0.1) is 12.1 Å². The van der Waals surface area contributed by atoms with Crippen LogP contribution in [0.1, 0.15) is 6.92 Å². The Balaban J connectivity index is 2.29. The highest BCUT2D eigenvalue weighted by atomic mass is 19.1. The molecule has 8 heteroatoms. The number of hydrazine groups is 1. The van der Waals surface area contributed by atoms with Crippen LogP contribution >= 0.6 is 0 Å². The second kappa shape index (κ2) is 5.34. The SMILES string of the molecule is CCOC(=O)NNc1nc(O)nc2cc(F)ccc12. The Labute approximate surface area is 107 Å². The maximum absolute atomic E-state index is 13.1. The van der Waals surface area contributed by atoms with Crippen LogP contribution in [0.5, 0.6) is 6.01 Å². The number of aromatic hydroxyl groups is 1. The van der Waals surface area contributed by atoms with Gasteiger partial charge >= 0.3 is 12.1 Å². The van der Waals surface area contributed by atoms with E-state index in [-0.39, 0.29) is 17.9 Å². The van der Waals surface area contributed by atoms with Crippen LogP contribution < -0.4 is 10.9 Å². The average Bonchev–Trinajstić information content (AvgIpc) is 2.35. The van der Waals surface area contributed by atoms with Crippen LogP contribution in [0.4, 0.5) is 15.0 Å². The van der Waals surface area contributed by atoms with Gasteiger partial charge in [0.15, 0.2) is 5.82 Å². The molecule has 1 aromatic carbocycles. The van der Waals surface area contributed by atoms with E-state index in [1.54, 1.807) is 6.92 Å². The molecule has 2 aromatic rings. The van der Waals surface area contributed by atoms with Gasteiger partial charge < -0.3 is 9.84 Å². The number of carbonyl (C=O) groups excluding carboxylic acids is 1. The Morgan fingerprint density at radius 3 is 3.00 bits per heavy atom. The minimum atomic E-state index is -0.698. The largest absolute Gasteiger partial charge is 0.479 e. The standard InChI is InChI=1S/C11H11FN4O3/c1-2-19-11(18)16-15-9-7-4-3-6(12)5-8(7)13-10(17)14-9/h3-5H,2H2,1H3,(H,16,18)(H2,13,14,15,17). The number of ether oxygens (including phenoxy) is 1. The molecule has 1 aromatic heterocycles. The zero-order valence-electron chi connectivity index (χ0n) is 9.98. The predicted molar refractivity (Wildman–Crippen MR) is 64.9 cm³/mol. The van der Waals surface area contributed by atoms with Gasteiger partial charge in [-0.25, -0.2) is 14.6 Å². The van der Waals surface area contributed by atoms with E-state index in [4.69, 9.17) is 0 Å². The van der Waals surface area contributed by atoms with E-state index >= 15 is 0 Å². The maximum Gasteiger partial charge on any atom is 0.425 e. The van der Waals surface area contributed by atoms with E-state index in [9.17, 15) is 14.3 Å². The number of nitrogens with one attached hydrogen (secondary N) is 2. The number of anilines is 1. The van der Waals surface area contributed by atoms with Gasteiger partial charge in [0.25, 0.3) is 0 Å². The lowest BCUT2D eigenvalue weighted by atomic mass is 10.2. The van der Waals surface area contributed by atoms with E-state index in [2.05, 4.69) is 25.6 Å². The number of hydrogen-bond acceptors (Lipinski definition) is 6. The molecule has 7 nitrogen and oxygen atoms in total. The molecule has 3 N–H and O–H groups in total. The van der Waals surface area contributed by atoms with Crippen molar-refractivity contribution in [3.63, 3.8) is 0 Å². The van der Waals surface area contributed by atoms with Gasteiger partial charge in [0.2, 0.25) is 0 Å². The Hall–Kier alpha value is -2.64. The first kappa shape index (κ1) is 12.8. The lowest BCUT2D eigenvalue weighted by molar-refractivity contribution is 0.154. The highest BCUT2D eigenvalue weighted by molar-refractivity contribution is 5.89. The van der Waals surface area contributed by atoms with Crippen molar-refractivity contribution in [1.29, 1.82) is 0 Å². The monoisotopic (exact) mass is 266 g/mol. The molecule has 1 heterocycles. The summed E-state index contributed by atoms with van der Waals surface area (Å²) in [5, 5.41) is 9.78. The first-order valence-corrected chi connectivity index (χ1v) is 5.45. The number of carbonyl (C=O) groups is 1. The van der Waals surface area contributed by atoms with Crippen molar-refractivity contribution in [2.24, 2.45) is 0 Å². The molecular weight excluding hydrogens is 255 g/mol. The maximum atomic E-state index is 13.1. The summed E-state index contributed by atoms with van der Waals surface area (Å²) in [4.78, 5) is 18.5. The zero-order valence-corrected chi connectivity index (χ0v) is 9.98. The molecule has 0 aliphatic carbocycles. The first-order chi connectivity index (χ1) is 9.10. The van der Waals surface area contributed by atoms with Gasteiger partial charge in [-0.15, -0.1) is 0 Å². The summed E-state index contributed by atoms with van der Waals surface area (Å²) in [6, 6.07) is 3.26. The lowest BCUT2D eigenvalue weighted by Gasteiger charge is -2.09. The van der Waals surface area contributed by atoms with Crippen molar-refractivity contribution in [3.05, 3.63) is 24.0 Å². The molecule has 0 spiro atoms. The quantitative estimate of drug-likeness (QED) is 0.729. The molecule has 0 bridgehead atoms. The number of rotatable bonds is 3. The fourth-order valence-corrected chi connectivity index (χ4v) is 1.46. The molecule has 0 aliphatic rings. The minimum absolute atomic E-state index is 0.135. The van der Waals surface area contributed by atoms with Crippen LogP contribution in [0.3, 0.4) is 0 Å². The summed E-state index contributed by atoms with van der Waals surface area (Å²) in [5.74, 6) is -0.356. The highest BCUT2D eigenvalue weighted by Gasteiger charge is 2.09. The second-order valence-electron chi connectivity index (χ2n) is 3.50. The number of aromatic nitrogens is 2. The molecule has 0 saturated carbocycles. The third kappa shape index (κ3) is 2.97. The van der Waals surface area contributed by atoms with Crippen LogP contribution in [0.25, 0.3) is 10.9 Å². The fraction of sp³-hybridized carbons (Fsp3) is 0.182. The summed E-state index contributed by atoms with van der Waals surface area (Å²) < 4.78 is 17.7. The van der Waals surface area contributed by atoms with E-state index < -0.39 is 17.9 Å². The molecule has 0 atom stereocenters. The smallest absolute Gasteiger partial charge is 0.425 e. The van der Waals surface area contributed by atoms with Crippen molar-refractivity contribution in [2.75, 3.05) is 12.0 Å². The Kier molecular flexibility index (Phi) is 3.60. The van der Waals surface area contributed by atoms with E-state index in [0.717, 1.165) is 6.07 Å². The molecule has 2 rings (SSSR count). The van der Waals surface area contributed by atoms with Crippen molar-refractivity contribution < 1.29 is 19.0 Å². The Morgan fingerprint density at radius 1 is 1.47 bits per heavy atom. The highest BCUT2D eigenvalue weighted by Crippen LogP contribution is 2.22. The van der Waals surface area contributed by atoms with Crippen LogP contribution in [0.2, 0.25) is 0 Å². The summed E-state index contributed by atoms with van der Waals surface area (Å²) in [6.07, 6.45) is -0.698. The molecule has 0 fully saturated rings. The summed E-state index contributed by atoms with van der Waals surface area (Å²) in [7, 11) is 0. The number of halogens is 1. The molecular formula is C11H11FN4O3. The number of fused-ring (bicyclic) bond motifs is 1. The molecule has 0 saturated heterocycles. The lowest BCUT2D eigenvalue weighted by Crippen LogP contribution is -2.30. The molecule has 0 aliphatic heterocycles.